The predicted octanol–water partition coefficient (Wildman–Crippen LogP) is 1.65. The maximum Gasteiger partial charge on any atom is 0.238 e. The van der Waals surface area contributed by atoms with E-state index in [1.807, 2.05) is 45.0 Å². The molecule has 0 fully saturated rings. The summed E-state index contributed by atoms with van der Waals surface area (Å²) in [5.41, 5.74) is 1.77. The van der Waals surface area contributed by atoms with E-state index >= 15 is 0 Å². The molecule has 2 aromatic rings. The van der Waals surface area contributed by atoms with Gasteiger partial charge in [0.2, 0.25) is 5.91 Å². The Morgan fingerprint density at radius 2 is 2.14 bits per heavy atom. The van der Waals surface area contributed by atoms with Crippen molar-refractivity contribution in [1.29, 1.82) is 0 Å². The fourth-order valence-electron chi connectivity index (χ4n) is 1.80. The second kappa shape index (κ2) is 6.49. The molecule has 0 aliphatic rings. The van der Waals surface area contributed by atoms with E-state index in [1.54, 1.807) is 11.0 Å². The van der Waals surface area contributed by atoms with Gasteiger partial charge in [0, 0.05) is 11.2 Å². The number of anilines is 1. The molecule has 2 rings (SSSR count). The molecule has 0 radical (unpaired) electrons. The maximum atomic E-state index is 11.9. The van der Waals surface area contributed by atoms with Crippen molar-refractivity contribution in [2.45, 2.75) is 32.9 Å². The van der Waals surface area contributed by atoms with Crippen LogP contribution in [0.15, 0.2) is 36.9 Å². The summed E-state index contributed by atoms with van der Waals surface area (Å²) in [7, 11) is 0. The Morgan fingerprint density at radius 1 is 1.33 bits per heavy atom. The van der Waals surface area contributed by atoms with Crippen LogP contribution in [-0.2, 0) is 11.3 Å². The van der Waals surface area contributed by atoms with E-state index in [9.17, 15) is 4.79 Å². The van der Waals surface area contributed by atoms with Crippen molar-refractivity contribution in [2.24, 2.45) is 0 Å². The van der Waals surface area contributed by atoms with Crippen molar-refractivity contribution in [3.05, 3.63) is 42.5 Å². The molecule has 1 amide bonds. The molecular formula is C15H21N5O. The summed E-state index contributed by atoms with van der Waals surface area (Å²) in [6.07, 6.45) is 3.17. The number of amides is 1. The summed E-state index contributed by atoms with van der Waals surface area (Å²) in [4.78, 5) is 15.8. The summed E-state index contributed by atoms with van der Waals surface area (Å²) in [5, 5.41) is 10.1. The van der Waals surface area contributed by atoms with Crippen molar-refractivity contribution >= 4 is 11.6 Å². The molecule has 1 heterocycles. The molecule has 2 N–H and O–H groups in total. The second-order valence-electron chi connectivity index (χ2n) is 5.95. The van der Waals surface area contributed by atoms with Gasteiger partial charge in [-0.1, -0.05) is 12.1 Å². The molecule has 0 saturated heterocycles. The number of hydrogen-bond donors (Lipinski definition) is 2. The van der Waals surface area contributed by atoms with Gasteiger partial charge in [0.1, 0.15) is 12.7 Å². The third-order valence-electron chi connectivity index (χ3n) is 2.80. The molecule has 112 valence electrons. The lowest BCUT2D eigenvalue weighted by Gasteiger charge is -2.20. The quantitative estimate of drug-likeness (QED) is 0.877. The fourth-order valence-corrected chi connectivity index (χ4v) is 1.80. The molecule has 0 bridgehead atoms. The number of benzene rings is 1. The van der Waals surface area contributed by atoms with Gasteiger partial charge in [0.15, 0.2) is 0 Å². The Morgan fingerprint density at radius 3 is 2.81 bits per heavy atom. The molecule has 0 aliphatic heterocycles. The van der Waals surface area contributed by atoms with Gasteiger partial charge in [-0.05, 0) is 38.5 Å². The molecule has 0 saturated carbocycles. The molecular weight excluding hydrogens is 266 g/mol. The highest BCUT2D eigenvalue weighted by atomic mass is 16.1. The van der Waals surface area contributed by atoms with Gasteiger partial charge in [-0.15, -0.1) is 0 Å². The predicted molar refractivity (Wildman–Crippen MR) is 82.0 cm³/mol. The molecule has 1 aromatic carbocycles. The van der Waals surface area contributed by atoms with Crippen LogP contribution in [0.5, 0.6) is 0 Å². The normalized spacial score (nSPS) is 11.4. The van der Waals surface area contributed by atoms with E-state index in [0.29, 0.717) is 6.54 Å². The Labute approximate surface area is 124 Å². The Kier molecular flexibility index (Phi) is 4.70. The van der Waals surface area contributed by atoms with Crippen molar-refractivity contribution in [3.63, 3.8) is 0 Å². The first kappa shape index (κ1) is 15.2. The van der Waals surface area contributed by atoms with Crippen LogP contribution in [0.25, 0.3) is 0 Å². The Balaban J connectivity index is 1.93. The van der Waals surface area contributed by atoms with Gasteiger partial charge in [-0.25, -0.2) is 9.67 Å². The van der Waals surface area contributed by atoms with E-state index in [4.69, 9.17) is 0 Å². The number of carbonyl (C=O) groups is 1. The van der Waals surface area contributed by atoms with Crippen molar-refractivity contribution in [2.75, 3.05) is 11.9 Å². The minimum atomic E-state index is -0.0771. The first-order chi connectivity index (χ1) is 9.92. The first-order valence-corrected chi connectivity index (χ1v) is 6.89. The van der Waals surface area contributed by atoms with Crippen LogP contribution >= 0.6 is 0 Å². The third kappa shape index (κ3) is 5.35. The minimum absolute atomic E-state index is 0.0529. The van der Waals surface area contributed by atoms with E-state index in [2.05, 4.69) is 20.7 Å². The third-order valence-corrected chi connectivity index (χ3v) is 2.80. The van der Waals surface area contributed by atoms with Gasteiger partial charge in [-0.3, -0.25) is 4.79 Å². The number of rotatable bonds is 5. The van der Waals surface area contributed by atoms with Gasteiger partial charge in [0.05, 0.1) is 13.1 Å². The van der Waals surface area contributed by atoms with Crippen LogP contribution in [-0.4, -0.2) is 32.8 Å². The van der Waals surface area contributed by atoms with Crippen LogP contribution < -0.4 is 10.6 Å². The SMILES string of the molecule is CC(C)(C)NCC(=O)Nc1cccc(Cn2cncn2)c1. The van der Waals surface area contributed by atoms with Gasteiger partial charge in [-0.2, -0.15) is 5.10 Å². The van der Waals surface area contributed by atoms with Crippen LogP contribution in [0.2, 0.25) is 0 Å². The molecule has 0 unspecified atom stereocenters. The molecule has 0 atom stereocenters. The lowest BCUT2D eigenvalue weighted by molar-refractivity contribution is -0.115. The van der Waals surface area contributed by atoms with Crippen LogP contribution in [0.4, 0.5) is 5.69 Å². The standard InChI is InChI=1S/C15H21N5O/c1-15(2,3)17-8-14(21)19-13-6-4-5-12(7-13)9-20-11-16-10-18-20/h4-7,10-11,17H,8-9H2,1-3H3,(H,19,21). The topological polar surface area (TPSA) is 71.8 Å². The lowest BCUT2D eigenvalue weighted by Crippen LogP contribution is -2.41. The first-order valence-electron chi connectivity index (χ1n) is 6.89. The van der Waals surface area contributed by atoms with Gasteiger partial charge in [0.25, 0.3) is 0 Å². The minimum Gasteiger partial charge on any atom is -0.325 e. The van der Waals surface area contributed by atoms with Crippen LogP contribution in [0.3, 0.4) is 0 Å². The van der Waals surface area contributed by atoms with Crippen molar-refractivity contribution in [1.82, 2.24) is 20.1 Å². The molecule has 1 aromatic heterocycles. The summed E-state index contributed by atoms with van der Waals surface area (Å²) >= 11 is 0. The summed E-state index contributed by atoms with van der Waals surface area (Å²) in [6, 6.07) is 7.72. The second-order valence-corrected chi connectivity index (χ2v) is 5.95. The van der Waals surface area contributed by atoms with Gasteiger partial charge >= 0.3 is 0 Å². The summed E-state index contributed by atoms with van der Waals surface area (Å²) in [6.45, 7) is 7.00. The van der Waals surface area contributed by atoms with E-state index in [1.165, 1.54) is 6.33 Å². The highest BCUT2D eigenvalue weighted by Crippen LogP contribution is 2.11. The molecule has 6 heteroatoms. The number of nitrogens with zero attached hydrogens (tertiary/aromatic N) is 3. The molecule has 0 spiro atoms. The van der Waals surface area contributed by atoms with Crippen LogP contribution in [0, 0.1) is 0 Å². The van der Waals surface area contributed by atoms with Gasteiger partial charge < -0.3 is 10.6 Å². The fraction of sp³-hybridized carbons (Fsp3) is 0.400. The largest absolute Gasteiger partial charge is 0.325 e. The molecule has 6 nitrogen and oxygen atoms in total. The summed E-state index contributed by atoms with van der Waals surface area (Å²) in [5.74, 6) is -0.0529. The highest BCUT2D eigenvalue weighted by molar-refractivity contribution is 5.92. The summed E-state index contributed by atoms with van der Waals surface area (Å²) < 4.78 is 1.74. The van der Waals surface area contributed by atoms with E-state index in [-0.39, 0.29) is 18.0 Å². The Bertz CT molecular complexity index is 586. The van der Waals surface area contributed by atoms with E-state index < -0.39 is 0 Å². The number of aromatic nitrogens is 3. The number of hydrogen-bond acceptors (Lipinski definition) is 4. The van der Waals surface area contributed by atoms with E-state index in [0.717, 1.165) is 11.3 Å². The van der Waals surface area contributed by atoms with Crippen LogP contribution in [0.1, 0.15) is 26.3 Å². The lowest BCUT2D eigenvalue weighted by atomic mass is 10.1. The average molecular weight is 287 g/mol. The average Bonchev–Trinajstić information content (AvgIpc) is 2.89. The number of nitrogens with one attached hydrogen (secondary N) is 2. The zero-order valence-corrected chi connectivity index (χ0v) is 12.6. The Hall–Kier alpha value is -2.21. The smallest absolute Gasteiger partial charge is 0.238 e. The highest BCUT2D eigenvalue weighted by Gasteiger charge is 2.11. The zero-order valence-electron chi connectivity index (χ0n) is 12.6. The molecule has 0 aliphatic carbocycles. The monoisotopic (exact) mass is 287 g/mol. The number of carbonyl (C=O) groups excluding carboxylic acids is 1. The van der Waals surface area contributed by atoms with Crippen molar-refractivity contribution in [3.8, 4) is 0 Å². The van der Waals surface area contributed by atoms with Crippen molar-refractivity contribution < 1.29 is 4.79 Å². The molecule has 21 heavy (non-hydrogen) atoms. The zero-order chi connectivity index (χ0) is 15.3. The maximum absolute atomic E-state index is 11.9.